The molecule has 0 aromatic carbocycles. The van der Waals surface area contributed by atoms with E-state index in [1.165, 1.54) is 0 Å². The lowest BCUT2D eigenvalue weighted by molar-refractivity contribution is 0.111. The van der Waals surface area contributed by atoms with Gasteiger partial charge in [-0.25, -0.2) is 0 Å². The van der Waals surface area contributed by atoms with Crippen LogP contribution < -0.4 is 5.73 Å². The number of methoxy groups -OCH3 is 1. The predicted molar refractivity (Wildman–Crippen MR) is 48.6 cm³/mol. The number of ether oxygens (including phenoxy) is 1. The third-order valence-corrected chi connectivity index (χ3v) is 2.44. The molecule has 64 valence electrons. The summed E-state index contributed by atoms with van der Waals surface area (Å²) in [5.74, 6) is 0. The van der Waals surface area contributed by atoms with Crippen LogP contribution >= 0.6 is 12.2 Å². The summed E-state index contributed by atoms with van der Waals surface area (Å²) in [7, 11) is 3.74. The summed E-state index contributed by atoms with van der Waals surface area (Å²) in [4.78, 5) is 2.71. The molecular formula is C7H14N2OS. The van der Waals surface area contributed by atoms with E-state index in [4.69, 9.17) is 22.7 Å². The number of nitrogens with two attached hydrogens (primary N) is 1. The molecule has 11 heavy (non-hydrogen) atoms. The highest BCUT2D eigenvalue weighted by molar-refractivity contribution is 7.80. The number of thiocarbonyl (C=S) groups is 1. The van der Waals surface area contributed by atoms with E-state index in [9.17, 15) is 0 Å². The van der Waals surface area contributed by atoms with Gasteiger partial charge in [0.2, 0.25) is 0 Å². The van der Waals surface area contributed by atoms with Gasteiger partial charge in [0.25, 0.3) is 0 Å². The van der Waals surface area contributed by atoms with Gasteiger partial charge in [0.15, 0.2) is 0 Å². The van der Waals surface area contributed by atoms with Crippen molar-refractivity contribution in [2.75, 3.05) is 20.7 Å². The second-order valence-electron chi connectivity index (χ2n) is 2.95. The molecule has 0 amide bonds. The quantitative estimate of drug-likeness (QED) is 0.598. The third-order valence-electron chi connectivity index (χ3n) is 2.17. The summed E-state index contributed by atoms with van der Waals surface area (Å²) in [6.45, 7) is 0.929. The molecule has 1 fully saturated rings. The molecule has 0 aromatic rings. The Kier molecular flexibility index (Phi) is 2.81. The minimum absolute atomic E-state index is 0.231. The molecule has 0 saturated carbocycles. The Morgan fingerprint density at radius 1 is 1.73 bits per heavy atom. The fourth-order valence-electron chi connectivity index (χ4n) is 1.46. The highest BCUT2D eigenvalue weighted by atomic mass is 32.1. The largest absolute Gasteiger partial charge is 0.392 e. The highest BCUT2D eigenvalue weighted by Crippen LogP contribution is 2.17. The van der Waals surface area contributed by atoms with Gasteiger partial charge >= 0.3 is 0 Å². The molecule has 0 aromatic heterocycles. The second kappa shape index (κ2) is 3.47. The summed E-state index contributed by atoms with van der Waals surface area (Å²) in [6, 6.07) is 0.231. The Morgan fingerprint density at radius 3 is 2.64 bits per heavy atom. The SMILES string of the molecule is CO[C@@H]1C[C@@H](C(N)=S)N(C)C1. The van der Waals surface area contributed by atoms with Gasteiger partial charge in [-0.05, 0) is 13.5 Å². The molecule has 3 nitrogen and oxygen atoms in total. The molecule has 0 bridgehead atoms. The first-order valence-corrected chi connectivity index (χ1v) is 4.08. The molecule has 0 spiro atoms. The van der Waals surface area contributed by atoms with Crippen LogP contribution in [0.2, 0.25) is 0 Å². The van der Waals surface area contributed by atoms with E-state index < -0.39 is 0 Å². The number of rotatable bonds is 2. The van der Waals surface area contributed by atoms with E-state index in [2.05, 4.69) is 4.90 Å². The van der Waals surface area contributed by atoms with Gasteiger partial charge in [0.1, 0.15) is 0 Å². The monoisotopic (exact) mass is 174 g/mol. The normalized spacial score (nSPS) is 32.5. The van der Waals surface area contributed by atoms with Gasteiger partial charge in [0, 0.05) is 13.7 Å². The maximum Gasteiger partial charge on any atom is 0.0902 e. The zero-order chi connectivity index (χ0) is 8.43. The van der Waals surface area contributed by atoms with Crippen molar-refractivity contribution >= 4 is 17.2 Å². The lowest BCUT2D eigenvalue weighted by Crippen LogP contribution is -2.36. The Balaban J connectivity index is 2.51. The molecule has 2 N–H and O–H groups in total. The molecular weight excluding hydrogens is 160 g/mol. The van der Waals surface area contributed by atoms with Gasteiger partial charge < -0.3 is 10.5 Å². The summed E-state index contributed by atoms with van der Waals surface area (Å²) >= 11 is 4.91. The van der Waals surface area contributed by atoms with Crippen LogP contribution in [0, 0.1) is 0 Å². The summed E-state index contributed by atoms with van der Waals surface area (Å²) in [6.07, 6.45) is 1.23. The Hall–Kier alpha value is -0.190. The van der Waals surface area contributed by atoms with Crippen molar-refractivity contribution in [3.63, 3.8) is 0 Å². The van der Waals surface area contributed by atoms with Crippen LogP contribution in [0.3, 0.4) is 0 Å². The third kappa shape index (κ3) is 1.89. The molecule has 0 unspecified atom stereocenters. The van der Waals surface area contributed by atoms with Gasteiger partial charge in [-0.2, -0.15) is 0 Å². The minimum atomic E-state index is 0.231. The van der Waals surface area contributed by atoms with Gasteiger partial charge in [-0.3, -0.25) is 4.90 Å². The summed E-state index contributed by atoms with van der Waals surface area (Å²) < 4.78 is 5.21. The average molecular weight is 174 g/mol. The number of nitrogens with zero attached hydrogens (tertiary/aromatic N) is 1. The van der Waals surface area contributed by atoms with Crippen LogP contribution in [0.25, 0.3) is 0 Å². The van der Waals surface area contributed by atoms with Crippen molar-refractivity contribution < 1.29 is 4.74 Å². The lowest BCUT2D eigenvalue weighted by Gasteiger charge is -2.16. The molecule has 1 heterocycles. The first kappa shape index (κ1) is 8.90. The molecule has 1 aliphatic rings. The van der Waals surface area contributed by atoms with Crippen molar-refractivity contribution in [1.29, 1.82) is 0 Å². The average Bonchev–Trinajstić information content (AvgIpc) is 2.30. The van der Waals surface area contributed by atoms with E-state index in [1.807, 2.05) is 7.05 Å². The van der Waals surface area contributed by atoms with Crippen LogP contribution in [0.4, 0.5) is 0 Å². The van der Waals surface area contributed by atoms with Crippen LogP contribution in [0.15, 0.2) is 0 Å². The van der Waals surface area contributed by atoms with Gasteiger partial charge in [-0.1, -0.05) is 12.2 Å². The van der Waals surface area contributed by atoms with E-state index in [-0.39, 0.29) is 6.04 Å². The van der Waals surface area contributed by atoms with Crippen molar-refractivity contribution in [2.24, 2.45) is 5.73 Å². The van der Waals surface area contributed by atoms with Crippen molar-refractivity contribution in [1.82, 2.24) is 4.90 Å². The van der Waals surface area contributed by atoms with Gasteiger partial charge in [0.05, 0.1) is 17.1 Å². The number of hydrogen-bond donors (Lipinski definition) is 1. The highest BCUT2D eigenvalue weighted by Gasteiger charge is 2.30. The molecule has 0 aliphatic carbocycles. The molecule has 1 aliphatic heterocycles. The number of hydrogen-bond acceptors (Lipinski definition) is 3. The summed E-state index contributed by atoms with van der Waals surface area (Å²) in [5.41, 5.74) is 5.54. The second-order valence-corrected chi connectivity index (χ2v) is 3.42. The lowest BCUT2D eigenvalue weighted by atomic mass is 10.2. The first-order chi connectivity index (χ1) is 5.15. The fourth-order valence-corrected chi connectivity index (χ4v) is 1.73. The smallest absolute Gasteiger partial charge is 0.0902 e. The van der Waals surface area contributed by atoms with Crippen LogP contribution in [0.1, 0.15) is 6.42 Å². The van der Waals surface area contributed by atoms with Crippen LogP contribution in [0.5, 0.6) is 0 Å². The molecule has 1 rings (SSSR count). The first-order valence-electron chi connectivity index (χ1n) is 3.67. The molecule has 1 saturated heterocycles. The van der Waals surface area contributed by atoms with E-state index >= 15 is 0 Å². The van der Waals surface area contributed by atoms with Crippen molar-refractivity contribution in [3.8, 4) is 0 Å². The zero-order valence-electron chi connectivity index (χ0n) is 6.91. The minimum Gasteiger partial charge on any atom is -0.392 e. The maximum absolute atomic E-state index is 5.54. The van der Waals surface area contributed by atoms with E-state index in [0.717, 1.165) is 13.0 Å². The fraction of sp³-hybridized carbons (Fsp3) is 0.857. The topological polar surface area (TPSA) is 38.5 Å². The molecule has 4 heteroatoms. The Bertz CT molecular complexity index is 163. The van der Waals surface area contributed by atoms with Crippen LogP contribution in [-0.2, 0) is 4.74 Å². The Morgan fingerprint density at radius 2 is 2.36 bits per heavy atom. The van der Waals surface area contributed by atoms with Gasteiger partial charge in [-0.15, -0.1) is 0 Å². The maximum atomic E-state index is 5.54. The predicted octanol–water partition coefficient (Wildman–Crippen LogP) is -0.00840. The van der Waals surface area contributed by atoms with Crippen LogP contribution in [-0.4, -0.2) is 42.7 Å². The Labute approximate surface area is 72.5 Å². The van der Waals surface area contributed by atoms with Crippen molar-refractivity contribution in [2.45, 2.75) is 18.6 Å². The molecule has 2 atom stereocenters. The summed E-state index contributed by atoms with van der Waals surface area (Å²) in [5, 5.41) is 0. The number of likely N-dealkylation sites (N-methyl/N-ethyl adjacent to an activating group) is 1. The standard InChI is InChI=1S/C7H14N2OS/c1-9-4-5(10-2)3-6(9)7(8)11/h5-6H,3-4H2,1-2H3,(H2,8,11)/t5-,6+/m1/s1. The van der Waals surface area contributed by atoms with E-state index in [1.54, 1.807) is 7.11 Å². The number of likely N-dealkylation sites (tertiary alicyclic amines) is 1. The molecule has 0 radical (unpaired) electrons. The van der Waals surface area contributed by atoms with Crippen molar-refractivity contribution in [3.05, 3.63) is 0 Å². The van der Waals surface area contributed by atoms with E-state index in [0.29, 0.717) is 11.1 Å². The zero-order valence-corrected chi connectivity index (χ0v) is 7.73.